The first kappa shape index (κ1) is 15.6. The predicted molar refractivity (Wildman–Crippen MR) is 84.5 cm³/mol. The van der Waals surface area contributed by atoms with Gasteiger partial charge in [0.1, 0.15) is 0 Å². The topological polar surface area (TPSA) is 49.6 Å². The highest BCUT2D eigenvalue weighted by Crippen LogP contribution is 2.09. The van der Waals surface area contributed by atoms with Crippen LogP contribution in [0.1, 0.15) is 24.0 Å². The van der Waals surface area contributed by atoms with Crippen LogP contribution in [-0.2, 0) is 11.3 Å². The van der Waals surface area contributed by atoms with Crippen LogP contribution in [0.15, 0.2) is 24.3 Å². The second kappa shape index (κ2) is 7.82. The van der Waals surface area contributed by atoms with E-state index in [1.165, 1.54) is 5.56 Å². The molecule has 0 bridgehead atoms. The molecule has 0 unspecified atom stereocenters. The molecule has 1 amide bonds. The third-order valence-electron chi connectivity index (χ3n) is 3.61. The van der Waals surface area contributed by atoms with Crippen LogP contribution in [0.3, 0.4) is 0 Å². The number of amides is 1. The van der Waals surface area contributed by atoms with Crippen molar-refractivity contribution < 1.29 is 4.79 Å². The standard InChI is InChI=1S/C17H23N3O/c1-19(14-17(21)20-11-2-3-12-20)13-16-8-6-15(7-9-16)5-4-10-18/h6-9H,2-3,10-14,18H2,1H3. The summed E-state index contributed by atoms with van der Waals surface area (Å²) < 4.78 is 0. The van der Waals surface area contributed by atoms with Crippen LogP contribution in [0.2, 0.25) is 0 Å². The summed E-state index contributed by atoms with van der Waals surface area (Å²) in [4.78, 5) is 16.1. The number of hydrogen-bond donors (Lipinski definition) is 1. The fourth-order valence-electron chi connectivity index (χ4n) is 2.51. The van der Waals surface area contributed by atoms with Crippen molar-refractivity contribution in [3.8, 4) is 11.8 Å². The molecule has 1 aromatic rings. The van der Waals surface area contributed by atoms with Crippen LogP contribution in [0, 0.1) is 11.8 Å². The van der Waals surface area contributed by atoms with Gasteiger partial charge in [-0.05, 0) is 37.6 Å². The minimum absolute atomic E-state index is 0.237. The summed E-state index contributed by atoms with van der Waals surface area (Å²) >= 11 is 0. The van der Waals surface area contributed by atoms with Crippen LogP contribution in [0.5, 0.6) is 0 Å². The molecule has 4 nitrogen and oxygen atoms in total. The number of carbonyl (C=O) groups is 1. The molecule has 0 saturated carbocycles. The lowest BCUT2D eigenvalue weighted by Crippen LogP contribution is -2.36. The number of rotatable bonds is 4. The van der Waals surface area contributed by atoms with Crippen LogP contribution in [-0.4, -0.2) is 48.9 Å². The summed E-state index contributed by atoms with van der Waals surface area (Å²) in [6.07, 6.45) is 2.28. The Morgan fingerprint density at radius 3 is 2.57 bits per heavy atom. The van der Waals surface area contributed by atoms with E-state index >= 15 is 0 Å². The number of likely N-dealkylation sites (tertiary alicyclic amines) is 1. The lowest BCUT2D eigenvalue weighted by atomic mass is 10.1. The van der Waals surface area contributed by atoms with E-state index in [9.17, 15) is 4.79 Å². The summed E-state index contributed by atoms with van der Waals surface area (Å²) in [5.41, 5.74) is 7.51. The average Bonchev–Trinajstić information content (AvgIpc) is 3.01. The Hall–Kier alpha value is -1.83. The van der Waals surface area contributed by atoms with Gasteiger partial charge in [-0.2, -0.15) is 0 Å². The molecule has 0 radical (unpaired) electrons. The third-order valence-corrected chi connectivity index (χ3v) is 3.61. The highest BCUT2D eigenvalue weighted by atomic mass is 16.2. The molecule has 0 aliphatic carbocycles. The lowest BCUT2D eigenvalue weighted by molar-refractivity contribution is -0.131. The zero-order valence-electron chi connectivity index (χ0n) is 12.6. The molecule has 2 N–H and O–H groups in total. The van der Waals surface area contributed by atoms with Crippen molar-refractivity contribution in [2.45, 2.75) is 19.4 Å². The fourth-order valence-corrected chi connectivity index (χ4v) is 2.51. The van der Waals surface area contributed by atoms with Crippen molar-refractivity contribution in [3.05, 3.63) is 35.4 Å². The van der Waals surface area contributed by atoms with E-state index in [2.05, 4.69) is 28.9 Å². The van der Waals surface area contributed by atoms with Gasteiger partial charge in [-0.1, -0.05) is 24.0 Å². The zero-order chi connectivity index (χ0) is 15.1. The van der Waals surface area contributed by atoms with Gasteiger partial charge < -0.3 is 10.6 Å². The van der Waals surface area contributed by atoms with Crippen LogP contribution >= 0.6 is 0 Å². The van der Waals surface area contributed by atoms with E-state index in [0.717, 1.165) is 38.0 Å². The number of nitrogens with two attached hydrogens (primary N) is 1. The minimum Gasteiger partial charge on any atom is -0.342 e. The fraction of sp³-hybridized carbons (Fsp3) is 0.471. The van der Waals surface area contributed by atoms with Gasteiger partial charge in [0.25, 0.3) is 0 Å². The Labute approximate surface area is 126 Å². The monoisotopic (exact) mass is 285 g/mol. The lowest BCUT2D eigenvalue weighted by Gasteiger charge is -2.21. The largest absolute Gasteiger partial charge is 0.342 e. The molecule has 0 aromatic heterocycles. The van der Waals surface area contributed by atoms with Gasteiger partial charge in [0, 0.05) is 25.2 Å². The summed E-state index contributed by atoms with van der Waals surface area (Å²) in [7, 11) is 1.98. The van der Waals surface area contributed by atoms with E-state index in [0.29, 0.717) is 13.1 Å². The second-order valence-corrected chi connectivity index (χ2v) is 5.46. The van der Waals surface area contributed by atoms with Gasteiger partial charge in [0.05, 0.1) is 13.1 Å². The van der Waals surface area contributed by atoms with Gasteiger partial charge in [-0.3, -0.25) is 9.69 Å². The summed E-state index contributed by atoms with van der Waals surface area (Å²) in [6.45, 7) is 3.46. The van der Waals surface area contributed by atoms with Gasteiger partial charge in [0.2, 0.25) is 5.91 Å². The van der Waals surface area contributed by atoms with Crippen molar-refractivity contribution in [1.29, 1.82) is 0 Å². The molecular formula is C17H23N3O. The van der Waals surface area contributed by atoms with Gasteiger partial charge in [-0.15, -0.1) is 0 Å². The van der Waals surface area contributed by atoms with E-state index in [1.54, 1.807) is 0 Å². The average molecular weight is 285 g/mol. The molecule has 0 atom stereocenters. The Balaban J connectivity index is 1.84. The molecule has 21 heavy (non-hydrogen) atoms. The molecule has 1 saturated heterocycles. The van der Waals surface area contributed by atoms with Crippen LogP contribution in [0.4, 0.5) is 0 Å². The van der Waals surface area contributed by atoms with Crippen molar-refractivity contribution in [2.75, 3.05) is 33.2 Å². The highest BCUT2D eigenvalue weighted by molar-refractivity contribution is 5.78. The number of benzene rings is 1. The first-order valence-electron chi connectivity index (χ1n) is 7.43. The number of hydrogen-bond acceptors (Lipinski definition) is 3. The Bertz CT molecular complexity index is 521. The maximum absolute atomic E-state index is 12.1. The van der Waals surface area contributed by atoms with Crippen molar-refractivity contribution in [2.24, 2.45) is 5.73 Å². The summed E-state index contributed by atoms with van der Waals surface area (Å²) in [6, 6.07) is 8.09. The van der Waals surface area contributed by atoms with Gasteiger partial charge in [-0.25, -0.2) is 0 Å². The van der Waals surface area contributed by atoms with Crippen LogP contribution in [0.25, 0.3) is 0 Å². The van der Waals surface area contributed by atoms with Crippen molar-refractivity contribution >= 4 is 5.91 Å². The van der Waals surface area contributed by atoms with E-state index in [-0.39, 0.29) is 5.91 Å². The molecule has 112 valence electrons. The first-order valence-corrected chi connectivity index (χ1v) is 7.43. The first-order chi connectivity index (χ1) is 10.2. The molecule has 2 rings (SSSR count). The second-order valence-electron chi connectivity index (χ2n) is 5.46. The Morgan fingerprint density at radius 1 is 1.29 bits per heavy atom. The van der Waals surface area contributed by atoms with Crippen molar-refractivity contribution in [1.82, 2.24) is 9.80 Å². The maximum Gasteiger partial charge on any atom is 0.236 e. The van der Waals surface area contributed by atoms with Crippen LogP contribution < -0.4 is 5.73 Å². The molecule has 1 aliphatic rings. The van der Waals surface area contributed by atoms with Crippen molar-refractivity contribution in [3.63, 3.8) is 0 Å². The molecule has 1 heterocycles. The molecule has 1 aliphatic heterocycles. The number of likely N-dealkylation sites (N-methyl/N-ethyl adjacent to an activating group) is 1. The van der Waals surface area contributed by atoms with E-state index < -0.39 is 0 Å². The smallest absolute Gasteiger partial charge is 0.236 e. The van der Waals surface area contributed by atoms with Gasteiger partial charge >= 0.3 is 0 Å². The Morgan fingerprint density at radius 2 is 1.95 bits per heavy atom. The quantitative estimate of drug-likeness (QED) is 0.841. The molecule has 1 aromatic carbocycles. The third kappa shape index (κ3) is 4.89. The predicted octanol–water partition coefficient (Wildman–Crippen LogP) is 1.05. The zero-order valence-corrected chi connectivity index (χ0v) is 12.6. The molecule has 0 spiro atoms. The summed E-state index contributed by atoms with van der Waals surface area (Å²) in [5.74, 6) is 6.08. The maximum atomic E-state index is 12.1. The SMILES string of the molecule is CN(CC(=O)N1CCCC1)Cc1ccc(C#CCN)cc1. The highest BCUT2D eigenvalue weighted by Gasteiger charge is 2.18. The number of carbonyl (C=O) groups excluding carboxylic acids is 1. The Kier molecular flexibility index (Phi) is 5.79. The molecule has 1 fully saturated rings. The van der Waals surface area contributed by atoms with E-state index in [4.69, 9.17) is 5.73 Å². The summed E-state index contributed by atoms with van der Waals surface area (Å²) in [5, 5.41) is 0. The molecule has 4 heteroatoms. The minimum atomic E-state index is 0.237. The number of nitrogens with zero attached hydrogens (tertiary/aromatic N) is 2. The molecular weight excluding hydrogens is 262 g/mol. The van der Waals surface area contributed by atoms with Gasteiger partial charge in [0.15, 0.2) is 0 Å². The normalized spacial score (nSPS) is 14.1. The van der Waals surface area contributed by atoms with E-state index in [1.807, 2.05) is 24.1 Å².